The van der Waals surface area contributed by atoms with Crippen molar-refractivity contribution in [1.82, 2.24) is 5.32 Å². The largest absolute Gasteiger partial charge is 0.394 e. The summed E-state index contributed by atoms with van der Waals surface area (Å²) in [6, 6.07) is -0.908. The highest BCUT2D eigenvalue weighted by molar-refractivity contribution is 5.90. The van der Waals surface area contributed by atoms with E-state index in [1.54, 1.807) is 0 Å². The first-order valence-corrected chi connectivity index (χ1v) is 4.48. The van der Waals surface area contributed by atoms with Gasteiger partial charge >= 0.3 is 6.03 Å². The van der Waals surface area contributed by atoms with E-state index < -0.39 is 43.1 Å². The molecular formula is C7H14N4O5. The molecule has 0 saturated carbocycles. The van der Waals surface area contributed by atoms with Crippen molar-refractivity contribution in [3.8, 4) is 0 Å². The number of aliphatic imine (C=N–C) groups is 1. The first-order valence-electron chi connectivity index (χ1n) is 4.48. The maximum atomic E-state index is 11.1. The van der Waals surface area contributed by atoms with Crippen LogP contribution >= 0.6 is 0 Å². The zero-order valence-electron chi connectivity index (χ0n) is 8.28. The lowest BCUT2D eigenvalue weighted by Crippen LogP contribution is -2.43. The SMILES string of the molecule is NC(N)=NC(=O)N[C@@H]1O[C@H](CO)C(O)C1O. The highest BCUT2D eigenvalue weighted by atomic mass is 16.6. The summed E-state index contributed by atoms with van der Waals surface area (Å²) in [5.41, 5.74) is 9.91. The smallest absolute Gasteiger partial charge is 0.346 e. The van der Waals surface area contributed by atoms with Gasteiger partial charge in [0.25, 0.3) is 0 Å². The molecule has 9 heteroatoms. The van der Waals surface area contributed by atoms with Crippen molar-refractivity contribution in [1.29, 1.82) is 0 Å². The normalized spacial score (nSPS) is 33.4. The molecule has 1 saturated heterocycles. The van der Waals surface area contributed by atoms with Crippen LogP contribution in [0, 0.1) is 0 Å². The van der Waals surface area contributed by atoms with Crippen LogP contribution in [0.15, 0.2) is 4.99 Å². The van der Waals surface area contributed by atoms with Gasteiger partial charge in [0.1, 0.15) is 18.3 Å². The van der Waals surface area contributed by atoms with Gasteiger partial charge in [-0.2, -0.15) is 4.99 Å². The molecule has 1 fully saturated rings. The molecule has 8 N–H and O–H groups in total. The summed E-state index contributed by atoms with van der Waals surface area (Å²) >= 11 is 0. The van der Waals surface area contributed by atoms with Crippen molar-refractivity contribution in [2.45, 2.75) is 24.5 Å². The van der Waals surface area contributed by atoms with Gasteiger partial charge in [0, 0.05) is 0 Å². The number of carbonyl (C=O) groups excluding carboxylic acids is 1. The van der Waals surface area contributed by atoms with Gasteiger partial charge in [-0.25, -0.2) is 4.79 Å². The van der Waals surface area contributed by atoms with E-state index in [-0.39, 0.29) is 0 Å². The molecule has 1 aliphatic rings. The minimum absolute atomic E-state index is 0.441. The van der Waals surface area contributed by atoms with E-state index in [4.69, 9.17) is 21.3 Å². The van der Waals surface area contributed by atoms with Crippen LogP contribution in [0.5, 0.6) is 0 Å². The Morgan fingerprint density at radius 3 is 2.44 bits per heavy atom. The second kappa shape index (κ2) is 5.07. The van der Waals surface area contributed by atoms with Gasteiger partial charge in [-0.05, 0) is 0 Å². The summed E-state index contributed by atoms with van der Waals surface area (Å²) in [5.74, 6) is -0.441. The number of urea groups is 1. The molecule has 2 amide bonds. The number of hydrogen-bond acceptors (Lipinski definition) is 5. The van der Waals surface area contributed by atoms with Crippen LogP contribution in [0.4, 0.5) is 4.79 Å². The molecule has 0 aromatic heterocycles. The van der Waals surface area contributed by atoms with Gasteiger partial charge in [0.2, 0.25) is 0 Å². The van der Waals surface area contributed by atoms with Crippen molar-refractivity contribution in [3.05, 3.63) is 0 Å². The number of carbonyl (C=O) groups is 1. The van der Waals surface area contributed by atoms with Gasteiger partial charge in [-0.3, -0.25) is 0 Å². The summed E-state index contributed by atoms with van der Waals surface area (Å²) in [7, 11) is 0. The minimum atomic E-state index is -1.35. The zero-order valence-corrected chi connectivity index (χ0v) is 8.28. The van der Waals surface area contributed by atoms with E-state index in [0.29, 0.717) is 0 Å². The number of aliphatic hydroxyl groups is 3. The fraction of sp³-hybridized carbons (Fsp3) is 0.714. The highest BCUT2D eigenvalue weighted by Crippen LogP contribution is 2.19. The Morgan fingerprint density at radius 2 is 2.00 bits per heavy atom. The Bertz CT molecular complexity index is 293. The molecule has 4 atom stereocenters. The van der Waals surface area contributed by atoms with Crippen LogP contribution in [0.25, 0.3) is 0 Å². The van der Waals surface area contributed by atoms with E-state index in [1.165, 1.54) is 0 Å². The van der Waals surface area contributed by atoms with Gasteiger partial charge in [0.15, 0.2) is 12.2 Å². The first-order chi connectivity index (χ1) is 7.45. The van der Waals surface area contributed by atoms with E-state index in [0.717, 1.165) is 0 Å². The predicted octanol–water partition coefficient (Wildman–Crippen LogP) is -3.59. The lowest BCUT2D eigenvalue weighted by atomic mass is 10.1. The topological polar surface area (TPSA) is 163 Å². The first kappa shape index (κ1) is 12.6. The second-order valence-corrected chi connectivity index (χ2v) is 3.25. The molecule has 1 rings (SSSR count). The number of nitrogens with two attached hydrogens (primary N) is 2. The fourth-order valence-electron chi connectivity index (χ4n) is 1.29. The molecule has 1 heterocycles. The van der Waals surface area contributed by atoms with Gasteiger partial charge < -0.3 is 36.8 Å². The van der Waals surface area contributed by atoms with Crippen molar-refractivity contribution >= 4 is 12.0 Å². The molecule has 1 aliphatic heterocycles. The summed E-state index contributed by atoms with van der Waals surface area (Å²) in [4.78, 5) is 14.2. The lowest BCUT2D eigenvalue weighted by molar-refractivity contribution is -0.0281. The molecule has 0 aliphatic carbocycles. The monoisotopic (exact) mass is 234 g/mol. The van der Waals surface area contributed by atoms with Crippen LogP contribution in [0.3, 0.4) is 0 Å². The van der Waals surface area contributed by atoms with Crippen LogP contribution in [-0.2, 0) is 4.74 Å². The van der Waals surface area contributed by atoms with Gasteiger partial charge in [-0.1, -0.05) is 0 Å². The third-order valence-electron chi connectivity index (χ3n) is 2.04. The molecule has 9 nitrogen and oxygen atoms in total. The number of amides is 2. The molecule has 0 spiro atoms. The Hall–Kier alpha value is -1.42. The third kappa shape index (κ3) is 2.79. The Labute approximate surface area is 90.7 Å². The molecule has 0 bridgehead atoms. The predicted molar refractivity (Wildman–Crippen MR) is 52.1 cm³/mol. The van der Waals surface area contributed by atoms with Crippen LogP contribution < -0.4 is 16.8 Å². The average Bonchev–Trinajstić information content (AvgIpc) is 2.44. The Morgan fingerprint density at radius 1 is 1.38 bits per heavy atom. The van der Waals surface area contributed by atoms with Crippen LogP contribution in [0.1, 0.15) is 0 Å². The number of aliphatic hydroxyl groups excluding tert-OH is 3. The fourth-order valence-corrected chi connectivity index (χ4v) is 1.29. The molecular weight excluding hydrogens is 220 g/mol. The lowest BCUT2D eigenvalue weighted by Gasteiger charge is -2.14. The third-order valence-corrected chi connectivity index (χ3v) is 2.04. The Kier molecular flexibility index (Phi) is 4.01. The zero-order chi connectivity index (χ0) is 12.3. The van der Waals surface area contributed by atoms with Crippen molar-refractivity contribution in [3.63, 3.8) is 0 Å². The van der Waals surface area contributed by atoms with E-state index in [2.05, 4.69) is 10.3 Å². The van der Waals surface area contributed by atoms with E-state index in [1.807, 2.05) is 0 Å². The summed E-state index contributed by atoms with van der Waals surface area (Å²) in [6.45, 7) is -0.479. The molecule has 16 heavy (non-hydrogen) atoms. The summed E-state index contributed by atoms with van der Waals surface area (Å²) in [5, 5.41) is 29.7. The standard InChI is InChI=1S/C7H14N4O5/c8-6(9)11-7(15)10-5-4(14)3(13)2(1-12)16-5/h2-5,12-14H,1H2,(H5,8,9,10,11,15)/t2-,3?,4?,5-/m1/s1. The number of ether oxygens (including phenoxy) is 1. The number of guanidine groups is 1. The van der Waals surface area contributed by atoms with Crippen LogP contribution in [-0.4, -0.2) is 58.5 Å². The number of rotatable bonds is 2. The summed E-state index contributed by atoms with van der Waals surface area (Å²) in [6.07, 6.45) is -4.76. The molecule has 2 unspecified atom stereocenters. The molecule has 0 aromatic rings. The Balaban J connectivity index is 2.56. The van der Waals surface area contributed by atoms with Crippen molar-refractivity contribution in [2.75, 3.05) is 6.61 Å². The molecule has 0 radical (unpaired) electrons. The second-order valence-electron chi connectivity index (χ2n) is 3.25. The van der Waals surface area contributed by atoms with Gasteiger partial charge in [-0.15, -0.1) is 0 Å². The summed E-state index contributed by atoms with van der Waals surface area (Å²) < 4.78 is 4.95. The number of nitrogens with zero attached hydrogens (tertiary/aromatic N) is 1. The van der Waals surface area contributed by atoms with Gasteiger partial charge in [0.05, 0.1) is 6.61 Å². The maximum absolute atomic E-state index is 11.1. The molecule has 92 valence electrons. The quantitative estimate of drug-likeness (QED) is 0.212. The van der Waals surface area contributed by atoms with Crippen LogP contribution in [0.2, 0.25) is 0 Å². The van der Waals surface area contributed by atoms with E-state index in [9.17, 15) is 15.0 Å². The van der Waals surface area contributed by atoms with Crippen molar-refractivity contribution < 1.29 is 24.9 Å². The molecule has 0 aromatic carbocycles. The highest BCUT2D eigenvalue weighted by Gasteiger charge is 2.42. The van der Waals surface area contributed by atoms with E-state index >= 15 is 0 Å². The number of hydrogen-bond donors (Lipinski definition) is 6. The average molecular weight is 234 g/mol. The maximum Gasteiger partial charge on any atom is 0.346 e. The van der Waals surface area contributed by atoms with Crippen molar-refractivity contribution in [2.24, 2.45) is 16.5 Å². The number of nitrogens with one attached hydrogen (secondary N) is 1. The minimum Gasteiger partial charge on any atom is -0.394 e.